The second-order valence-electron chi connectivity index (χ2n) is 5.75. The summed E-state index contributed by atoms with van der Waals surface area (Å²) in [6.07, 6.45) is 0. The molecule has 3 rings (SSSR count). The van der Waals surface area contributed by atoms with E-state index in [9.17, 15) is 14.5 Å². The van der Waals surface area contributed by atoms with Gasteiger partial charge in [0.2, 0.25) is 0 Å². The Morgan fingerprint density at radius 2 is 1.83 bits per heavy atom. The molecule has 1 heterocycles. The van der Waals surface area contributed by atoms with Crippen molar-refractivity contribution in [2.75, 3.05) is 31.1 Å². The fraction of sp³-hybridized carbons (Fsp3) is 0.294. The van der Waals surface area contributed by atoms with Crippen LogP contribution in [0, 0.1) is 15.9 Å². The predicted molar refractivity (Wildman–Crippen MR) is 92.0 cm³/mol. The van der Waals surface area contributed by atoms with Gasteiger partial charge in [-0.2, -0.15) is 0 Å². The number of hydrogen-bond acceptors (Lipinski definition) is 4. The summed E-state index contributed by atoms with van der Waals surface area (Å²) >= 11 is 6.16. The molecule has 0 aromatic heterocycles. The van der Waals surface area contributed by atoms with Crippen LogP contribution in [0.5, 0.6) is 0 Å². The quantitative estimate of drug-likeness (QED) is 0.623. The molecule has 1 aliphatic heterocycles. The highest BCUT2D eigenvalue weighted by Gasteiger charge is 2.20. The highest BCUT2D eigenvalue weighted by molar-refractivity contribution is 6.31. The van der Waals surface area contributed by atoms with Crippen molar-refractivity contribution in [3.63, 3.8) is 0 Å². The number of halogens is 2. The minimum absolute atomic E-state index is 0.0411. The molecule has 24 heavy (non-hydrogen) atoms. The number of rotatable bonds is 4. The van der Waals surface area contributed by atoms with Crippen molar-refractivity contribution >= 4 is 23.0 Å². The Kier molecular flexibility index (Phi) is 4.97. The fourth-order valence-electron chi connectivity index (χ4n) is 2.89. The molecule has 0 unspecified atom stereocenters. The Morgan fingerprint density at radius 1 is 1.12 bits per heavy atom. The molecule has 1 fully saturated rings. The van der Waals surface area contributed by atoms with Crippen molar-refractivity contribution < 1.29 is 9.31 Å². The van der Waals surface area contributed by atoms with Crippen LogP contribution in [0.25, 0.3) is 0 Å². The molecule has 2 aromatic carbocycles. The zero-order chi connectivity index (χ0) is 17.1. The lowest BCUT2D eigenvalue weighted by molar-refractivity contribution is -0.384. The highest BCUT2D eigenvalue weighted by Crippen LogP contribution is 2.25. The summed E-state index contributed by atoms with van der Waals surface area (Å²) in [5.74, 6) is -0.215. The molecule has 0 aliphatic carbocycles. The highest BCUT2D eigenvalue weighted by atomic mass is 35.5. The van der Waals surface area contributed by atoms with Crippen molar-refractivity contribution in [1.29, 1.82) is 0 Å². The predicted octanol–water partition coefficient (Wildman–Crippen LogP) is 3.71. The van der Waals surface area contributed by atoms with Crippen LogP contribution in [-0.2, 0) is 6.54 Å². The number of benzene rings is 2. The van der Waals surface area contributed by atoms with Gasteiger partial charge in [-0.15, -0.1) is 0 Å². The van der Waals surface area contributed by atoms with Crippen LogP contribution in [0.4, 0.5) is 15.8 Å². The van der Waals surface area contributed by atoms with Crippen LogP contribution in [0.1, 0.15) is 5.56 Å². The molecule has 0 amide bonds. The maximum atomic E-state index is 13.9. The third-order valence-corrected chi connectivity index (χ3v) is 4.57. The normalized spacial score (nSPS) is 15.5. The number of para-hydroxylation sites is 1. The molecule has 0 saturated carbocycles. The van der Waals surface area contributed by atoms with Gasteiger partial charge in [0.15, 0.2) is 0 Å². The molecule has 7 heteroatoms. The van der Waals surface area contributed by atoms with Crippen molar-refractivity contribution in [3.8, 4) is 0 Å². The topological polar surface area (TPSA) is 49.6 Å². The van der Waals surface area contributed by atoms with Gasteiger partial charge in [0, 0.05) is 49.9 Å². The Bertz CT molecular complexity index is 748. The molecule has 1 aliphatic rings. The lowest BCUT2D eigenvalue weighted by Crippen LogP contribution is -2.46. The van der Waals surface area contributed by atoms with Crippen LogP contribution in [-0.4, -0.2) is 36.0 Å². The zero-order valence-electron chi connectivity index (χ0n) is 13.0. The summed E-state index contributed by atoms with van der Waals surface area (Å²) < 4.78 is 13.9. The van der Waals surface area contributed by atoms with Crippen LogP contribution >= 0.6 is 11.6 Å². The lowest BCUT2D eigenvalue weighted by Gasteiger charge is -2.36. The van der Waals surface area contributed by atoms with Gasteiger partial charge in [-0.3, -0.25) is 15.0 Å². The number of nitro benzene ring substituents is 1. The summed E-state index contributed by atoms with van der Waals surface area (Å²) in [5, 5.41) is 11.4. The summed E-state index contributed by atoms with van der Waals surface area (Å²) in [7, 11) is 0. The first-order chi connectivity index (χ1) is 11.5. The van der Waals surface area contributed by atoms with E-state index in [4.69, 9.17) is 11.6 Å². The van der Waals surface area contributed by atoms with E-state index in [-0.39, 0.29) is 11.5 Å². The third-order valence-electron chi connectivity index (χ3n) is 4.20. The molecule has 0 bridgehead atoms. The molecular formula is C17H17ClFN3O2. The lowest BCUT2D eigenvalue weighted by atomic mass is 10.1. The summed E-state index contributed by atoms with van der Waals surface area (Å²) in [4.78, 5) is 14.7. The van der Waals surface area contributed by atoms with Gasteiger partial charge in [-0.1, -0.05) is 23.7 Å². The molecule has 0 spiro atoms. The van der Waals surface area contributed by atoms with Gasteiger partial charge >= 0.3 is 0 Å². The summed E-state index contributed by atoms with van der Waals surface area (Å²) in [5.41, 5.74) is 1.40. The fourth-order valence-corrected chi connectivity index (χ4v) is 3.07. The monoisotopic (exact) mass is 349 g/mol. The molecular weight excluding hydrogens is 333 g/mol. The minimum atomic E-state index is -0.421. The maximum absolute atomic E-state index is 13.9. The number of hydrogen-bond donors (Lipinski definition) is 0. The zero-order valence-corrected chi connectivity index (χ0v) is 13.7. The second kappa shape index (κ2) is 7.15. The minimum Gasteiger partial charge on any atom is -0.367 e. The van der Waals surface area contributed by atoms with E-state index < -0.39 is 4.92 Å². The first-order valence-corrected chi connectivity index (χ1v) is 8.07. The van der Waals surface area contributed by atoms with Crippen molar-refractivity contribution in [1.82, 2.24) is 4.90 Å². The summed E-state index contributed by atoms with van der Waals surface area (Å²) in [6.45, 7) is 3.44. The van der Waals surface area contributed by atoms with Gasteiger partial charge in [0.05, 0.1) is 10.6 Å². The smallest absolute Gasteiger partial charge is 0.269 e. The Morgan fingerprint density at radius 3 is 2.50 bits per heavy atom. The third kappa shape index (κ3) is 3.66. The van der Waals surface area contributed by atoms with Gasteiger partial charge in [-0.25, -0.2) is 4.39 Å². The Balaban J connectivity index is 1.65. The maximum Gasteiger partial charge on any atom is 0.269 e. The van der Waals surface area contributed by atoms with Crippen molar-refractivity contribution in [2.45, 2.75) is 6.54 Å². The molecule has 0 atom stereocenters. The van der Waals surface area contributed by atoms with Crippen molar-refractivity contribution in [2.24, 2.45) is 0 Å². The molecule has 1 saturated heterocycles. The SMILES string of the molecule is O=[N+]([O-])c1ccc(Cl)c(CN2CCN(c3ccccc3F)CC2)c1. The number of anilines is 1. The van der Waals surface area contributed by atoms with E-state index in [2.05, 4.69) is 4.90 Å². The van der Waals surface area contributed by atoms with E-state index in [1.807, 2.05) is 11.0 Å². The van der Waals surface area contributed by atoms with E-state index in [1.54, 1.807) is 18.2 Å². The molecule has 126 valence electrons. The average Bonchev–Trinajstić information content (AvgIpc) is 2.58. The van der Waals surface area contributed by atoms with Crippen LogP contribution in [0.2, 0.25) is 5.02 Å². The standard InChI is InChI=1S/C17H17ClFN3O2/c18-15-6-5-14(22(23)24)11-13(15)12-20-7-9-21(10-8-20)17-4-2-1-3-16(17)19/h1-6,11H,7-10,12H2. The Labute approximate surface area is 144 Å². The molecule has 0 radical (unpaired) electrons. The first-order valence-electron chi connectivity index (χ1n) is 7.69. The molecule has 2 aromatic rings. The van der Waals surface area contributed by atoms with Gasteiger partial charge < -0.3 is 4.90 Å². The van der Waals surface area contributed by atoms with E-state index in [0.29, 0.717) is 30.3 Å². The van der Waals surface area contributed by atoms with Gasteiger partial charge in [0.25, 0.3) is 5.69 Å². The van der Waals surface area contributed by atoms with Crippen LogP contribution < -0.4 is 4.90 Å². The number of nitro groups is 1. The largest absolute Gasteiger partial charge is 0.367 e. The van der Waals surface area contributed by atoms with E-state index in [0.717, 1.165) is 18.7 Å². The molecule has 0 N–H and O–H groups in total. The summed E-state index contributed by atoms with van der Waals surface area (Å²) in [6, 6.07) is 11.2. The molecule has 5 nitrogen and oxygen atoms in total. The number of nitrogens with zero attached hydrogens (tertiary/aromatic N) is 3. The van der Waals surface area contributed by atoms with Crippen molar-refractivity contribution in [3.05, 3.63) is 69.0 Å². The van der Waals surface area contributed by atoms with E-state index in [1.165, 1.54) is 18.2 Å². The second-order valence-corrected chi connectivity index (χ2v) is 6.15. The van der Waals surface area contributed by atoms with E-state index >= 15 is 0 Å². The number of piperazine rings is 1. The number of non-ortho nitro benzene ring substituents is 1. The Hall–Kier alpha value is -2.18. The first kappa shape index (κ1) is 16.7. The van der Waals surface area contributed by atoms with Crippen LogP contribution in [0.15, 0.2) is 42.5 Å². The van der Waals surface area contributed by atoms with Gasteiger partial charge in [0.1, 0.15) is 5.82 Å². The van der Waals surface area contributed by atoms with Crippen LogP contribution in [0.3, 0.4) is 0 Å². The average molecular weight is 350 g/mol. The van der Waals surface area contributed by atoms with Gasteiger partial charge in [-0.05, 0) is 23.8 Å².